The summed E-state index contributed by atoms with van der Waals surface area (Å²) in [7, 11) is -1.50. The van der Waals surface area contributed by atoms with E-state index in [1.54, 1.807) is 21.7 Å². The maximum atomic E-state index is 12.8. The lowest BCUT2D eigenvalue weighted by Crippen LogP contribution is -2.34. The Morgan fingerprint density at radius 1 is 1.43 bits per heavy atom. The van der Waals surface area contributed by atoms with Crippen molar-refractivity contribution in [2.45, 2.75) is 30.6 Å². The molecule has 0 saturated heterocycles. The SMILES string of the molecule is CNCc1sc(S(=O)(=O)N2CCc3sccc3C2)cc1C. The van der Waals surface area contributed by atoms with Gasteiger partial charge >= 0.3 is 0 Å². The topological polar surface area (TPSA) is 49.4 Å². The Balaban J connectivity index is 1.89. The van der Waals surface area contributed by atoms with Crippen LogP contribution in [-0.2, 0) is 29.5 Å². The minimum absolute atomic E-state index is 0.462. The van der Waals surface area contributed by atoms with Crippen molar-refractivity contribution in [2.24, 2.45) is 0 Å². The first kappa shape index (κ1) is 15.2. The molecule has 4 nitrogen and oxygen atoms in total. The zero-order valence-corrected chi connectivity index (χ0v) is 14.5. The van der Waals surface area contributed by atoms with Crippen LogP contribution >= 0.6 is 22.7 Å². The second-order valence-corrected chi connectivity index (χ2v) is 9.46. The minimum atomic E-state index is -3.37. The predicted octanol–water partition coefficient (Wildman–Crippen LogP) is 2.58. The smallest absolute Gasteiger partial charge is 0.252 e. The van der Waals surface area contributed by atoms with Crippen molar-refractivity contribution in [1.29, 1.82) is 0 Å². The third-order valence-corrected chi connectivity index (χ3v) is 8.26. The van der Waals surface area contributed by atoms with Gasteiger partial charge in [0.25, 0.3) is 10.0 Å². The quantitative estimate of drug-likeness (QED) is 0.929. The van der Waals surface area contributed by atoms with Crippen molar-refractivity contribution >= 4 is 32.7 Å². The molecule has 2 aromatic heterocycles. The van der Waals surface area contributed by atoms with Crippen LogP contribution in [0.25, 0.3) is 0 Å². The number of fused-ring (bicyclic) bond motifs is 1. The van der Waals surface area contributed by atoms with E-state index < -0.39 is 10.0 Å². The first-order chi connectivity index (χ1) is 10.0. The lowest BCUT2D eigenvalue weighted by Gasteiger charge is -2.25. The lowest BCUT2D eigenvalue weighted by molar-refractivity contribution is 0.395. The lowest BCUT2D eigenvalue weighted by atomic mass is 10.1. The summed E-state index contributed by atoms with van der Waals surface area (Å²) in [4.78, 5) is 2.41. The van der Waals surface area contributed by atoms with Crippen molar-refractivity contribution < 1.29 is 8.42 Å². The Morgan fingerprint density at radius 2 is 2.24 bits per heavy atom. The molecule has 1 aliphatic rings. The number of rotatable bonds is 4. The van der Waals surface area contributed by atoms with Crippen molar-refractivity contribution in [1.82, 2.24) is 9.62 Å². The number of nitrogens with one attached hydrogen (secondary N) is 1. The molecule has 0 bridgehead atoms. The molecule has 1 aliphatic heterocycles. The van der Waals surface area contributed by atoms with Crippen LogP contribution in [0, 0.1) is 6.92 Å². The second kappa shape index (κ2) is 5.81. The summed E-state index contributed by atoms with van der Waals surface area (Å²) in [5.41, 5.74) is 2.19. The normalized spacial score (nSPS) is 16.1. The summed E-state index contributed by atoms with van der Waals surface area (Å²) in [6.07, 6.45) is 0.819. The van der Waals surface area contributed by atoms with E-state index in [2.05, 4.69) is 5.32 Å². The van der Waals surface area contributed by atoms with Crippen molar-refractivity contribution in [3.63, 3.8) is 0 Å². The highest BCUT2D eigenvalue weighted by atomic mass is 32.2. The molecule has 21 heavy (non-hydrogen) atoms. The summed E-state index contributed by atoms with van der Waals surface area (Å²) in [6.45, 7) is 3.75. The van der Waals surface area contributed by atoms with Gasteiger partial charge in [-0.3, -0.25) is 0 Å². The molecule has 0 aliphatic carbocycles. The standard InChI is InChI=1S/C14H18N2O2S3/c1-10-7-14(20-13(10)8-15-2)21(17,18)16-5-3-12-11(9-16)4-6-19-12/h4,6-7,15H,3,5,8-9H2,1-2H3. The Kier molecular flexibility index (Phi) is 4.20. The van der Waals surface area contributed by atoms with Crippen molar-refractivity contribution in [2.75, 3.05) is 13.6 Å². The third-order valence-electron chi connectivity index (χ3n) is 3.70. The van der Waals surface area contributed by atoms with Crippen LogP contribution in [0.3, 0.4) is 0 Å². The molecule has 0 spiro atoms. The molecule has 0 fully saturated rings. The van der Waals surface area contributed by atoms with Gasteiger partial charge in [0.05, 0.1) is 0 Å². The van der Waals surface area contributed by atoms with Gasteiger partial charge in [-0.2, -0.15) is 4.31 Å². The van der Waals surface area contributed by atoms with Crippen molar-refractivity contribution in [3.8, 4) is 0 Å². The molecule has 3 rings (SSSR count). The van der Waals surface area contributed by atoms with Gasteiger partial charge in [0, 0.05) is 29.4 Å². The van der Waals surface area contributed by atoms with E-state index in [9.17, 15) is 8.42 Å². The van der Waals surface area contributed by atoms with Crippen LogP contribution in [-0.4, -0.2) is 26.3 Å². The van der Waals surface area contributed by atoms with E-state index in [4.69, 9.17) is 0 Å². The number of sulfonamides is 1. The monoisotopic (exact) mass is 342 g/mol. The van der Waals surface area contributed by atoms with E-state index in [0.717, 1.165) is 22.4 Å². The molecular formula is C14H18N2O2S3. The average Bonchev–Trinajstić information content (AvgIpc) is 3.06. The molecule has 2 aromatic rings. The molecule has 0 amide bonds. The van der Waals surface area contributed by atoms with E-state index in [1.807, 2.05) is 25.4 Å². The van der Waals surface area contributed by atoms with Crippen LogP contribution in [0.2, 0.25) is 0 Å². The molecule has 3 heterocycles. The molecule has 0 atom stereocenters. The van der Waals surface area contributed by atoms with Crippen LogP contribution in [0.5, 0.6) is 0 Å². The summed E-state index contributed by atoms with van der Waals surface area (Å²) < 4.78 is 27.7. The van der Waals surface area contributed by atoms with Gasteiger partial charge in [-0.1, -0.05) is 0 Å². The maximum Gasteiger partial charge on any atom is 0.252 e. The maximum absolute atomic E-state index is 12.8. The van der Waals surface area contributed by atoms with Gasteiger partial charge in [0.1, 0.15) is 4.21 Å². The highest BCUT2D eigenvalue weighted by molar-refractivity contribution is 7.91. The van der Waals surface area contributed by atoms with Gasteiger partial charge in [0.15, 0.2) is 0 Å². The zero-order chi connectivity index (χ0) is 15.0. The fraction of sp³-hybridized carbons (Fsp3) is 0.429. The Labute approximate surface area is 133 Å². The molecule has 0 radical (unpaired) electrons. The zero-order valence-electron chi connectivity index (χ0n) is 12.0. The molecule has 7 heteroatoms. The molecule has 114 valence electrons. The second-order valence-electron chi connectivity index (χ2n) is 5.16. The minimum Gasteiger partial charge on any atom is -0.315 e. The molecular weight excluding hydrogens is 324 g/mol. The van der Waals surface area contributed by atoms with E-state index in [1.165, 1.54) is 16.2 Å². The number of nitrogens with zero attached hydrogens (tertiary/aromatic N) is 1. The highest BCUT2D eigenvalue weighted by Gasteiger charge is 2.30. The van der Waals surface area contributed by atoms with Crippen molar-refractivity contribution in [3.05, 3.63) is 38.4 Å². The molecule has 0 unspecified atom stereocenters. The summed E-state index contributed by atoms with van der Waals surface area (Å²) in [5, 5.41) is 5.12. The molecule has 0 aromatic carbocycles. The third kappa shape index (κ3) is 2.80. The van der Waals surface area contributed by atoms with Gasteiger partial charge in [-0.05, 0) is 49.0 Å². The Hall–Kier alpha value is -0.730. The first-order valence-corrected chi connectivity index (χ1v) is 9.95. The fourth-order valence-electron chi connectivity index (χ4n) is 2.51. The largest absolute Gasteiger partial charge is 0.315 e. The molecule has 0 saturated carbocycles. The van der Waals surface area contributed by atoms with Gasteiger partial charge in [-0.15, -0.1) is 22.7 Å². The fourth-order valence-corrected chi connectivity index (χ4v) is 6.57. The van der Waals surface area contributed by atoms with Gasteiger partial charge < -0.3 is 5.32 Å². The van der Waals surface area contributed by atoms with Crippen LogP contribution < -0.4 is 5.32 Å². The average molecular weight is 343 g/mol. The molecule has 1 N–H and O–H groups in total. The highest BCUT2D eigenvalue weighted by Crippen LogP contribution is 2.32. The summed E-state index contributed by atoms with van der Waals surface area (Å²) in [6, 6.07) is 3.84. The predicted molar refractivity (Wildman–Crippen MR) is 87.4 cm³/mol. The Bertz CT molecular complexity index is 746. The number of thiophene rings is 2. The van der Waals surface area contributed by atoms with Crippen LogP contribution in [0.1, 0.15) is 20.9 Å². The number of aryl methyl sites for hydroxylation is 1. The number of hydrogen-bond acceptors (Lipinski definition) is 5. The Morgan fingerprint density at radius 3 is 3.00 bits per heavy atom. The number of hydrogen-bond donors (Lipinski definition) is 1. The van der Waals surface area contributed by atoms with Gasteiger partial charge in [-0.25, -0.2) is 8.42 Å². The first-order valence-electron chi connectivity index (χ1n) is 6.81. The summed E-state index contributed by atoms with van der Waals surface area (Å²) >= 11 is 3.10. The van der Waals surface area contributed by atoms with Gasteiger partial charge in [0.2, 0.25) is 0 Å². The van der Waals surface area contributed by atoms with E-state index in [0.29, 0.717) is 23.8 Å². The van der Waals surface area contributed by atoms with Crippen LogP contribution in [0.4, 0.5) is 0 Å². The summed E-state index contributed by atoms with van der Waals surface area (Å²) in [5.74, 6) is 0. The van der Waals surface area contributed by atoms with E-state index in [-0.39, 0.29) is 0 Å². The van der Waals surface area contributed by atoms with E-state index >= 15 is 0 Å². The van der Waals surface area contributed by atoms with Crippen LogP contribution in [0.15, 0.2) is 21.7 Å².